The van der Waals surface area contributed by atoms with Crippen LogP contribution in [0.25, 0.3) is 11.0 Å². The molecule has 0 spiro atoms. The smallest absolute Gasteiger partial charge is 0.238 e. The summed E-state index contributed by atoms with van der Waals surface area (Å²) < 4.78 is 24.9. The van der Waals surface area contributed by atoms with E-state index in [1.165, 1.54) is 23.9 Å². The van der Waals surface area contributed by atoms with Crippen molar-refractivity contribution in [2.24, 2.45) is 18.1 Å². The summed E-state index contributed by atoms with van der Waals surface area (Å²) in [6.07, 6.45) is 0. The maximum Gasteiger partial charge on any atom is 0.238 e. The molecule has 7 nitrogen and oxygen atoms in total. The first kappa shape index (κ1) is 20.8. The Bertz CT molecular complexity index is 1090. The second-order valence-corrected chi connectivity index (χ2v) is 10.2. The quantitative estimate of drug-likeness (QED) is 0.552. The molecule has 3 rings (SSSR count). The number of imidazole rings is 1. The minimum absolute atomic E-state index is 0.0168. The molecule has 0 fully saturated rings. The van der Waals surface area contributed by atoms with E-state index >= 15 is 0 Å². The summed E-state index contributed by atoms with van der Waals surface area (Å²) in [6.45, 7) is 4.15. The van der Waals surface area contributed by atoms with E-state index in [4.69, 9.17) is 5.14 Å². The van der Waals surface area contributed by atoms with Gasteiger partial charge in [-0.05, 0) is 35.6 Å². The molecular formula is C18H22N4O3S3. The Labute approximate surface area is 172 Å². The molecule has 0 aliphatic heterocycles. The first-order valence-electron chi connectivity index (χ1n) is 8.61. The zero-order valence-electron chi connectivity index (χ0n) is 15.7. The van der Waals surface area contributed by atoms with Crippen LogP contribution in [0.5, 0.6) is 0 Å². The van der Waals surface area contributed by atoms with Gasteiger partial charge in [0.2, 0.25) is 15.9 Å². The molecule has 10 heteroatoms. The second-order valence-electron chi connectivity index (χ2n) is 6.74. The van der Waals surface area contributed by atoms with E-state index in [2.05, 4.69) is 24.1 Å². The van der Waals surface area contributed by atoms with Gasteiger partial charge in [-0.2, -0.15) is 0 Å². The Balaban J connectivity index is 1.72. The fourth-order valence-electron chi connectivity index (χ4n) is 2.84. The predicted molar refractivity (Wildman–Crippen MR) is 113 cm³/mol. The first-order chi connectivity index (χ1) is 13.2. The lowest BCUT2D eigenvalue weighted by molar-refractivity contribution is -0.119. The van der Waals surface area contributed by atoms with Crippen LogP contribution >= 0.6 is 23.1 Å². The van der Waals surface area contributed by atoms with E-state index in [0.29, 0.717) is 10.7 Å². The third-order valence-electron chi connectivity index (χ3n) is 4.31. The van der Waals surface area contributed by atoms with Crippen LogP contribution in [0, 0.1) is 5.92 Å². The lowest BCUT2D eigenvalue weighted by atomic mass is 10.0. The van der Waals surface area contributed by atoms with E-state index in [9.17, 15) is 13.2 Å². The van der Waals surface area contributed by atoms with Crippen LogP contribution in [0.4, 0.5) is 0 Å². The first-order valence-corrected chi connectivity index (χ1v) is 12.0. The molecule has 2 heterocycles. The predicted octanol–water partition coefficient (Wildman–Crippen LogP) is 2.89. The van der Waals surface area contributed by atoms with Crippen molar-refractivity contribution < 1.29 is 13.2 Å². The number of amides is 1. The number of carbonyl (C=O) groups excluding carboxylic acids is 1. The van der Waals surface area contributed by atoms with Gasteiger partial charge in [-0.25, -0.2) is 18.5 Å². The number of hydrogen-bond acceptors (Lipinski definition) is 6. The number of thioether (sulfide) groups is 1. The van der Waals surface area contributed by atoms with Crippen molar-refractivity contribution in [2.45, 2.75) is 29.9 Å². The van der Waals surface area contributed by atoms with Crippen LogP contribution in [-0.2, 0) is 21.9 Å². The fourth-order valence-corrected chi connectivity index (χ4v) is 5.12. The normalized spacial score (nSPS) is 13.2. The van der Waals surface area contributed by atoms with Gasteiger partial charge in [0.25, 0.3) is 0 Å². The number of nitrogens with zero attached hydrogens (tertiary/aromatic N) is 2. The van der Waals surface area contributed by atoms with E-state index in [1.54, 1.807) is 17.4 Å². The van der Waals surface area contributed by atoms with Gasteiger partial charge in [0.05, 0.1) is 27.7 Å². The van der Waals surface area contributed by atoms with Crippen molar-refractivity contribution in [3.63, 3.8) is 0 Å². The number of nitrogens with two attached hydrogens (primary N) is 1. The van der Waals surface area contributed by atoms with Crippen molar-refractivity contribution >= 4 is 50.1 Å². The van der Waals surface area contributed by atoms with Gasteiger partial charge in [0, 0.05) is 11.9 Å². The molecular weight excluding hydrogens is 416 g/mol. The van der Waals surface area contributed by atoms with Crippen LogP contribution in [0.1, 0.15) is 24.8 Å². The molecule has 3 N–H and O–H groups in total. The average molecular weight is 439 g/mol. The molecule has 1 amide bonds. The summed E-state index contributed by atoms with van der Waals surface area (Å²) in [6, 6.07) is 8.54. The number of primary sulfonamides is 1. The third kappa shape index (κ3) is 4.57. The largest absolute Gasteiger partial charge is 0.347 e. The minimum Gasteiger partial charge on any atom is -0.347 e. The zero-order chi connectivity index (χ0) is 20.5. The molecule has 0 saturated carbocycles. The molecule has 0 aliphatic carbocycles. The monoisotopic (exact) mass is 438 g/mol. The molecule has 0 bridgehead atoms. The summed E-state index contributed by atoms with van der Waals surface area (Å²) >= 11 is 2.93. The SMILES string of the molecule is CC(C)C(NC(=O)CSc1nc2cc(S(N)(=O)=O)ccc2n1C)c1cccs1. The lowest BCUT2D eigenvalue weighted by Crippen LogP contribution is -2.32. The summed E-state index contributed by atoms with van der Waals surface area (Å²) in [4.78, 5) is 18.1. The molecule has 1 atom stereocenters. The van der Waals surface area contributed by atoms with Crippen LogP contribution < -0.4 is 10.5 Å². The fraction of sp³-hybridized carbons (Fsp3) is 0.333. The van der Waals surface area contributed by atoms with Gasteiger partial charge in [-0.1, -0.05) is 31.7 Å². The Kier molecular flexibility index (Phi) is 6.13. The number of sulfonamides is 1. The van der Waals surface area contributed by atoms with Gasteiger partial charge >= 0.3 is 0 Å². The van der Waals surface area contributed by atoms with Crippen molar-refractivity contribution in [1.82, 2.24) is 14.9 Å². The number of rotatable bonds is 7. The van der Waals surface area contributed by atoms with E-state index < -0.39 is 10.0 Å². The highest BCUT2D eigenvalue weighted by Gasteiger charge is 2.20. The van der Waals surface area contributed by atoms with Gasteiger partial charge in [-0.15, -0.1) is 11.3 Å². The maximum absolute atomic E-state index is 12.5. The van der Waals surface area contributed by atoms with Crippen LogP contribution in [-0.4, -0.2) is 29.6 Å². The third-order valence-corrected chi connectivity index (χ3v) is 7.20. The van der Waals surface area contributed by atoms with Crippen molar-refractivity contribution in [1.29, 1.82) is 0 Å². The Morgan fingerprint density at radius 3 is 2.71 bits per heavy atom. The minimum atomic E-state index is -3.79. The molecule has 3 aromatic rings. The molecule has 28 heavy (non-hydrogen) atoms. The Morgan fingerprint density at radius 2 is 2.11 bits per heavy atom. The molecule has 0 radical (unpaired) electrons. The average Bonchev–Trinajstić information content (AvgIpc) is 3.25. The van der Waals surface area contributed by atoms with Crippen molar-refractivity contribution in [2.75, 3.05) is 5.75 Å². The Hall–Kier alpha value is -1.88. The van der Waals surface area contributed by atoms with Crippen LogP contribution in [0.15, 0.2) is 45.8 Å². The second kappa shape index (κ2) is 8.24. The number of hydrogen-bond donors (Lipinski definition) is 2. The highest BCUT2D eigenvalue weighted by molar-refractivity contribution is 7.99. The van der Waals surface area contributed by atoms with E-state index in [0.717, 1.165) is 10.4 Å². The zero-order valence-corrected chi connectivity index (χ0v) is 18.2. The number of fused-ring (bicyclic) bond motifs is 1. The molecule has 0 aliphatic rings. The summed E-state index contributed by atoms with van der Waals surface area (Å²) in [5.41, 5.74) is 1.30. The van der Waals surface area contributed by atoms with E-state index in [1.807, 2.05) is 29.1 Å². The lowest BCUT2D eigenvalue weighted by Gasteiger charge is -2.21. The topological polar surface area (TPSA) is 107 Å². The summed E-state index contributed by atoms with van der Waals surface area (Å²) in [7, 11) is -1.96. The Morgan fingerprint density at radius 1 is 1.36 bits per heavy atom. The van der Waals surface area contributed by atoms with Gasteiger partial charge in [0.1, 0.15) is 0 Å². The number of thiophene rings is 1. The number of benzene rings is 1. The molecule has 2 aromatic heterocycles. The van der Waals surface area contributed by atoms with Crippen LogP contribution in [0.3, 0.4) is 0 Å². The van der Waals surface area contributed by atoms with Crippen molar-refractivity contribution in [3.8, 4) is 0 Å². The van der Waals surface area contributed by atoms with Gasteiger partial charge in [-0.3, -0.25) is 4.79 Å². The summed E-state index contributed by atoms with van der Waals surface area (Å²) in [5, 5.41) is 10.9. The number of carbonyl (C=O) groups is 1. The number of aryl methyl sites for hydroxylation is 1. The molecule has 0 saturated heterocycles. The molecule has 1 unspecified atom stereocenters. The maximum atomic E-state index is 12.5. The van der Waals surface area contributed by atoms with E-state index in [-0.39, 0.29) is 28.5 Å². The van der Waals surface area contributed by atoms with Gasteiger partial charge in [0.15, 0.2) is 5.16 Å². The number of nitrogens with one attached hydrogen (secondary N) is 1. The van der Waals surface area contributed by atoms with Crippen molar-refractivity contribution in [3.05, 3.63) is 40.6 Å². The molecule has 150 valence electrons. The number of aromatic nitrogens is 2. The van der Waals surface area contributed by atoms with Gasteiger partial charge < -0.3 is 9.88 Å². The molecule has 1 aromatic carbocycles. The highest BCUT2D eigenvalue weighted by atomic mass is 32.2. The summed E-state index contributed by atoms with van der Waals surface area (Å²) in [5.74, 6) is 0.419. The standard InChI is InChI=1S/C18H22N4O3S3/c1-11(2)17(15-5-4-8-26-15)21-16(23)10-27-18-20-13-9-12(28(19,24)25)6-7-14(13)22(18)3/h4-9,11,17H,10H2,1-3H3,(H,21,23)(H2,19,24,25). The highest BCUT2D eigenvalue weighted by Crippen LogP contribution is 2.27. The van der Waals surface area contributed by atoms with Crippen LogP contribution in [0.2, 0.25) is 0 Å².